The SMILES string of the molecule is CC(C)Cn1c(Cl)nc2c(N3CCOCC3)nc(-c3cnc(N(C(=O)OC(C)(C)C)C(=O)OC(C)(C)C)nc3)nc21.CC(C)Cn1c(Cl)nc2c(N3CCOCC3)nc(-c3cnc(N)nc3)nc21. The lowest BCUT2D eigenvalue weighted by molar-refractivity contribution is 0.0427. The molecule has 0 radical (unpaired) electrons. The lowest BCUT2D eigenvalue weighted by Crippen LogP contribution is -2.44. The molecule has 22 nitrogen and oxygen atoms in total. The molecule has 0 atom stereocenters. The van der Waals surface area contributed by atoms with Crippen LogP contribution in [0.15, 0.2) is 24.8 Å². The normalized spacial score (nSPS) is 14.7. The maximum atomic E-state index is 13.0. The third-order valence-corrected chi connectivity index (χ3v) is 10.5. The molecule has 2 aliphatic heterocycles. The first-order chi connectivity index (χ1) is 32.2. The highest BCUT2D eigenvalue weighted by Gasteiger charge is 2.35. The van der Waals surface area contributed by atoms with Crippen molar-refractivity contribution in [2.75, 3.05) is 73.0 Å². The molecule has 2 fully saturated rings. The topological polar surface area (TPSA) is 246 Å². The van der Waals surface area contributed by atoms with E-state index in [9.17, 15) is 9.59 Å². The number of halogens is 2. The summed E-state index contributed by atoms with van der Waals surface area (Å²) >= 11 is 13.0. The molecule has 0 spiro atoms. The highest BCUT2D eigenvalue weighted by Crippen LogP contribution is 2.33. The Morgan fingerprint density at radius 2 is 1.00 bits per heavy atom. The molecule has 8 rings (SSSR count). The molecule has 0 bridgehead atoms. The van der Waals surface area contributed by atoms with Gasteiger partial charge >= 0.3 is 12.2 Å². The van der Waals surface area contributed by atoms with Crippen LogP contribution in [0.4, 0.5) is 33.1 Å². The molecule has 0 aliphatic carbocycles. The number of aromatic nitrogens is 12. The summed E-state index contributed by atoms with van der Waals surface area (Å²) in [6.45, 7) is 25.1. The van der Waals surface area contributed by atoms with Crippen LogP contribution in [0, 0.1) is 11.8 Å². The molecule has 2 saturated heterocycles. The summed E-state index contributed by atoms with van der Waals surface area (Å²) in [7, 11) is 0. The van der Waals surface area contributed by atoms with E-state index < -0.39 is 23.4 Å². The predicted octanol–water partition coefficient (Wildman–Crippen LogP) is 7.12. The van der Waals surface area contributed by atoms with E-state index >= 15 is 0 Å². The number of nitrogens with two attached hydrogens (primary N) is 1. The Bertz CT molecular complexity index is 2700. The number of ether oxygens (including phenoxy) is 4. The Kier molecular flexibility index (Phi) is 15.1. The van der Waals surface area contributed by atoms with Gasteiger partial charge in [-0.2, -0.15) is 0 Å². The van der Waals surface area contributed by atoms with Crippen molar-refractivity contribution in [3.63, 3.8) is 0 Å². The Labute approximate surface area is 403 Å². The highest BCUT2D eigenvalue weighted by molar-refractivity contribution is 6.29. The van der Waals surface area contributed by atoms with Crippen LogP contribution in [-0.4, -0.2) is 135 Å². The molecule has 24 heteroatoms. The Hall–Kier alpha value is -6.10. The molecule has 0 aromatic carbocycles. The summed E-state index contributed by atoms with van der Waals surface area (Å²) in [5.74, 6) is 2.93. The maximum Gasteiger partial charge on any atom is 0.427 e. The van der Waals surface area contributed by atoms with Gasteiger partial charge in [0.05, 0.1) is 37.6 Å². The molecule has 2 amide bonds. The van der Waals surface area contributed by atoms with Gasteiger partial charge in [0, 0.05) is 64.1 Å². The zero-order chi connectivity index (χ0) is 49.1. The van der Waals surface area contributed by atoms with Gasteiger partial charge in [0.15, 0.2) is 45.6 Å². The number of rotatable bonds is 9. The van der Waals surface area contributed by atoms with E-state index in [4.69, 9.17) is 67.8 Å². The number of amides is 2. The third kappa shape index (κ3) is 11.9. The van der Waals surface area contributed by atoms with Gasteiger partial charge < -0.3 is 34.5 Å². The van der Waals surface area contributed by atoms with E-state index in [1.807, 2.05) is 9.13 Å². The number of imidazole rings is 2. The molecule has 68 heavy (non-hydrogen) atoms. The fraction of sp³-hybridized carbons (Fsp3) is 0.545. The van der Waals surface area contributed by atoms with Crippen molar-refractivity contribution in [3.8, 4) is 22.8 Å². The number of morpholine rings is 2. The number of carbonyl (C=O) groups excluding carboxylic acids is 2. The van der Waals surface area contributed by atoms with E-state index in [1.54, 1.807) is 53.9 Å². The minimum absolute atomic E-state index is 0.209. The van der Waals surface area contributed by atoms with E-state index in [0.29, 0.717) is 131 Å². The quantitative estimate of drug-likeness (QED) is 0.142. The van der Waals surface area contributed by atoms with Gasteiger partial charge in [-0.3, -0.25) is 9.13 Å². The van der Waals surface area contributed by atoms with Crippen molar-refractivity contribution in [1.29, 1.82) is 0 Å². The van der Waals surface area contributed by atoms with Gasteiger partial charge in [0.1, 0.15) is 11.2 Å². The molecule has 2 aliphatic rings. The molecule has 364 valence electrons. The Morgan fingerprint density at radius 3 is 1.35 bits per heavy atom. The Morgan fingerprint density at radius 1 is 0.632 bits per heavy atom. The van der Waals surface area contributed by atoms with Gasteiger partial charge in [-0.25, -0.2) is 59.4 Å². The van der Waals surface area contributed by atoms with Crippen molar-refractivity contribution < 1.29 is 28.5 Å². The van der Waals surface area contributed by atoms with Crippen LogP contribution in [0.1, 0.15) is 69.2 Å². The first-order valence-electron chi connectivity index (χ1n) is 22.3. The van der Waals surface area contributed by atoms with Crippen LogP contribution >= 0.6 is 23.2 Å². The monoisotopic (exact) mass is 976 g/mol. The van der Waals surface area contributed by atoms with E-state index in [0.717, 1.165) is 18.9 Å². The lowest BCUT2D eigenvalue weighted by Gasteiger charge is -2.28. The predicted molar refractivity (Wildman–Crippen MR) is 258 cm³/mol. The summed E-state index contributed by atoms with van der Waals surface area (Å²) in [6.07, 6.45) is 4.21. The van der Waals surface area contributed by atoms with Crippen LogP contribution < -0.4 is 20.4 Å². The number of nitrogens with zero attached hydrogens (tertiary/aromatic N) is 15. The zero-order valence-electron chi connectivity index (χ0n) is 40.0. The second kappa shape index (κ2) is 20.6. The van der Waals surface area contributed by atoms with Crippen LogP contribution in [0.25, 0.3) is 45.1 Å². The van der Waals surface area contributed by atoms with Gasteiger partial charge in [-0.05, 0) is 76.6 Å². The van der Waals surface area contributed by atoms with E-state index in [1.165, 1.54) is 12.4 Å². The molecule has 2 N–H and O–H groups in total. The molecule has 6 aromatic rings. The fourth-order valence-corrected chi connectivity index (χ4v) is 7.55. The summed E-state index contributed by atoms with van der Waals surface area (Å²) in [6, 6.07) is 0. The fourth-order valence-electron chi connectivity index (χ4n) is 7.08. The minimum Gasteiger partial charge on any atom is -0.443 e. The first kappa shape index (κ1) is 49.8. The van der Waals surface area contributed by atoms with Gasteiger partial charge in [0.2, 0.25) is 22.5 Å². The highest BCUT2D eigenvalue weighted by atomic mass is 35.5. The summed E-state index contributed by atoms with van der Waals surface area (Å²) in [5, 5.41) is 0.736. The molecular formula is C44H58Cl2N16O6. The largest absolute Gasteiger partial charge is 0.443 e. The smallest absolute Gasteiger partial charge is 0.427 e. The van der Waals surface area contributed by atoms with Crippen molar-refractivity contribution in [2.24, 2.45) is 11.8 Å². The van der Waals surface area contributed by atoms with Crippen molar-refractivity contribution in [2.45, 2.75) is 93.5 Å². The van der Waals surface area contributed by atoms with Crippen LogP contribution in [-0.2, 0) is 32.0 Å². The first-order valence-corrected chi connectivity index (χ1v) is 23.1. The molecule has 0 saturated carbocycles. The molecule has 0 unspecified atom stereocenters. The number of nitrogen functional groups attached to an aromatic ring is 1. The zero-order valence-corrected chi connectivity index (χ0v) is 41.5. The molecule has 8 heterocycles. The number of imide groups is 1. The number of hydrogen-bond donors (Lipinski definition) is 1. The van der Waals surface area contributed by atoms with Crippen LogP contribution in [0.2, 0.25) is 10.6 Å². The third-order valence-electron chi connectivity index (χ3n) is 9.95. The molecule has 6 aromatic heterocycles. The minimum atomic E-state index is -0.959. The summed E-state index contributed by atoms with van der Waals surface area (Å²) < 4.78 is 25.6. The van der Waals surface area contributed by atoms with Crippen molar-refractivity contribution in [1.82, 2.24) is 59.0 Å². The maximum absolute atomic E-state index is 13.0. The molecular weight excluding hydrogens is 919 g/mol. The standard InChI is InChI=1S/C27H37ClN8O5.C17H21ClN8O/c1-16(2)15-35-21-18(31-22(35)28)20(34-9-11-39-12-10-34)32-19(33-21)17-13-29-23(30-14-17)36(24(37)40-26(3,4)5)25(38)41-27(6,7)8;1-10(2)9-26-15-12(22-16(26)18)14(25-3-5-27-6-4-25)23-13(24-15)11-7-20-17(19)21-8-11/h13-14,16H,9-12,15H2,1-8H3;7-8,10H,3-6,9H2,1-2H3,(H2,19,20,21). The second-order valence-electron chi connectivity index (χ2n) is 19.0. The average molecular weight is 978 g/mol. The summed E-state index contributed by atoms with van der Waals surface area (Å²) in [4.78, 5) is 75.9. The van der Waals surface area contributed by atoms with Crippen molar-refractivity contribution in [3.05, 3.63) is 35.4 Å². The van der Waals surface area contributed by atoms with Crippen molar-refractivity contribution >= 4 is 81.2 Å². The van der Waals surface area contributed by atoms with Gasteiger partial charge in [0.25, 0.3) is 0 Å². The average Bonchev–Trinajstić information content (AvgIpc) is 3.76. The number of hydrogen-bond acceptors (Lipinski definition) is 19. The van der Waals surface area contributed by atoms with E-state index in [-0.39, 0.29) is 11.9 Å². The number of carbonyl (C=O) groups is 2. The van der Waals surface area contributed by atoms with E-state index in [2.05, 4.69) is 67.4 Å². The Balaban J connectivity index is 0.000000218. The van der Waals surface area contributed by atoms with Crippen LogP contribution in [0.3, 0.4) is 0 Å². The van der Waals surface area contributed by atoms with Crippen LogP contribution in [0.5, 0.6) is 0 Å². The van der Waals surface area contributed by atoms with Gasteiger partial charge in [-0.1, -0.05) is 27.7 Å². The second-order valence-corrected chi connectivity index (χ2v) is 19.6. The number of anilines is 4. The summed E-state index contributed by atoms with van der Waals surface area (Å²) in [5.41, 5.74) is 7.62. The number of fused-ring (bicyclic) bond motifs is 2. The van der Waals surface area contributed by atoms with Gasteiger partial charge in [-0.15, -0.1) is 4.90 Å². The lowest BCUT2D eigenvalue weighted by atomic mass is 10.2.